The van der Waals surface area contributed by atoms with Gasteiger partial charge in [0.2, 0.25) is 36.2 Å². The number of hydrogen-bond acceptors (Lipinski definition) is 10. The van der Waals surface area contributed by atoms with Crippen LogP contribution in [0.4, 0.5) is 22.7 Å². The van der Waals surface area contributed by atoms with Crippen LogP contribution in [-0.4, -0.2) is 28.7 Å². The number of nitrogens with zero attached hydrogens (tertiary/aromatic N) is 18. The largest absolute Gasteiger partial charge is 0.456 e. The lowest BCUT2D eigenvalue weighted by Gasteiger charge is -2.01. The zero-order valence-electron chi connectivity index (χ0n) is 56.1. The predicted octanol–water partition coefficient (Wildman–Crippen LogP) is 17.2. The molecule has 0 aliphatic carbocycles. The number of para-hydroxylation sites is 2. The van der Waals surface area contributed by atoms with E-state index < -0.39 is 0 Å². The molecule has 0 fully saturated rings. The summed E-state index contributed by atoms with van der Waals surface area (Å²) in [6.45, 7) is 32.2. The zero-order chi connectivity index (χ0) is 72.5. The van der Waals surface area contributed by atoms with Crippen LogP contribution < -0.4 is 18.7 Å². The van der Waals surface area contributed by atoms with E-state index in [4.69, 9.17) is 44.0 Å². The Morgan fingerprint density at radius 1 is 0.324 bits per heavy atom. The lowest BCUT2D eigenvalue weighted by molar-refractivity contribution is -0.749. The lowest BCUT2D eigenvalue weighted by Crippen LogP contribution is -2.36. The first kappa shape index (κ1) is 60.3. The zero-order valence-corrected chi connectivity index (χ0v) is 56.1. The molecule has 4 aliphatic rings. The van der Waals surface area contributed by atoms with E-state index in [2.05, 4.69) is 141 Å². The first-order chi connectivity index (χ1) is 53.1. The van der Waals surface area contributed by atoms with E-state index in [-0.39, 0.29) is 0 Å². The predicted molar refractivity (Wildman–Crippen MR) is 399 cm³/mol. The van der Waals surface area contributed by atoms with E-state index in [1.165, 1.54) is 11.1 Å². The molecule has 0 radical (unpaired) electrons. The fraction of sp³-hybridized carbons (Fsp3) is 0.0465. The molecule has 0 spiro atoms. The van der Waals surface area contributed by atoms with Gasteiger partial charge in [-0.25, -0.2) is 29.3 Å². The smallest absolute Gasteiger partial charge is 0.227 e. The van der Waals surface area contributed by atoms with Crippen molar-refractivity contribution in [1.29, 1.82) is 21.0 Å². The van der Waals surface area contributed by atoms with Crippen LogP contribution in [0.1, 0.15) is 44.5 Å². The van der Waals surface area contributed by atoms with E-state index in [0.717, 1.165) is 161 Å². The third-order valence-corrected chi connectivity index (χ3v) is 20.9. The molecule has 0 bridgehead atoms. The molecule has 0 saturated heterocycles. The minimum Gasteiger partial charge on any atom is -0.456 e. The molecule has 496 valence electrons. The summed E-state index contributed by atoms with van der Waals surface area (Å²) in [5.74, 6) is 0. The summed E-state index contributed by atoms with van der Waals surface area (Å²) in [7, 11) is 0. The Hall–Kier alpha value is -16.5. The number of aromatic nitrogens is 10. The molecule has 20 aromatic rings. The second-order valence-corrected chi connectivity index (χ2v) is 26.7. The quantitative estimate of drug-likeness (QED) is 0.103. The summed E-state index contributed by atoms with van der Waals surface area (Å²) < 4.78 is 40.9. The SMILES string of the molecule is [C-]#[N+]c1cc(C#N)c2c[n+]3n(c2c1)-c1c(ccc2c1oc1ccccc12)C3.[C-]#[N+]c1cc(C#N)c2c[n+]3n(c2c1)-c1c(ccc2c1oc1ncccc12)C3.[C-]#[N+]c1cc(C#N)c2c[n+]3n(c2c1)-c1cc2oc4ccccc4c2cc1C3.[C-]#[N+]c1cc(C#N)c2c[n+]3n(c2c1)-c1cc2oc4ncccc4c2cc1C3. The number of benzene rings is 10. The van der Waals surface area contributed by atoms with E-state index in [1.807, 2.05) is 120 Å². The van der Waals surface area contributed by atoms with Gasteiger partial charge in [-0.1, -0.05) is 36.4 Å². The Bertz CT molecular complexity index is 7500. The van der Waals surface area contributed by atoms with Crippen LogP contribution in [0, 0.1) is 71.6 Å². The van der Waals surface area contributed by atoms with Crippen molar-refractivity contribution in [2.75, 3.05) is 0 Å². The number of furan rings is 4. The van der Waals surface area contributed by atoms with Crippen molar-refractivity contribution in [3.63, 3.8) is 0 Å². The summed E-state index contributed by atoms with van der Waals surface area (Å²) in [5.41, 5.74) is 22.2. The van der Waals surface area contributed by atoms with Crippen molar-refractivity contribution in [1.82, 2.24) is 28.7 Å². The second kappa shape index (κ2) is 22.5. The van der Waals surface area contributed by atoms with Gasteiger partial charge in [0.25, 0.3) is 0 Å². The van der Waals surface area contributed by atoms with Gasteiger partial charge in [-0.15, -0.1) is 37.5 Å². The van der Waals surface area contributed by atoms with Gasteiger partial charge in [0.1, 0.15) is 55.8 Å². The molecule has 0 atom stereocenters. The van der Waals surface area contributed by atoms with Crippen LogP contribution in [0.5, 0.6) is 0 Å². The highest BCUT2D eigenvalue weighted by Gasteiger charge is 2.37. The normalized spacial score (nSPS) is 12.2. The molecule has 10 aromatic carbocycles. The molecule has 10 aromatic heterocycles. The van der Waals surface area contributed by atoms with Crippen LogP contribution in [0.3, 0.4) is 0 Å². The standard InChI is InChI=1S/2C22H11N4O.2C21H10N5O/c1-24-15-6-13(10-23)18-12-25-11-14-7-17-16-4-2-3-5-21(16)27-22(17)9-19(14)26(25)20(18)8-15;1-24-15-8-14(10-23)18-12-25-11-13-6-7-17-16-4-2-3-5-20(16)27-22(17)21(13)26(25)19(18)9-15;1-23-14-7-13(9-22)17-11-25-10-12-4-5-15-16-3-2-6-24-21(16)27-20(15)19(12)26(25)18(17)8-14;1-23-14-5-12(9-22)17-11-25-10-13-6-16-15-3-2-4-24-21(15)27-20(16)8-18(13)26(25)19(17)7-14/h2*2-9,12H,11H2;2*2-8,11H,10H2/q4*+1. The van der Waals surface area contributed by atoms with E-state index in [9.17, 15) is 21.0 Å². The maximum atomic E-state index is 9.52. The van der Waals surface area contributed by atoms with Crippen LogP contribution in [0.2, 0.25) is 0 Å². The number of hydrogen-bond donors (Lipinski definition) is 0. The van der Waals surface area contributed by atoms with Gasteiger partial charge in [0, 0.05) is 78.7 Å². The number of rotatable bonds is 0. The molecule has 14 heterocycles. The summed E-state index contributed by atoms with van der Waals surface area (Å²) in [5, 5.41) is 49.8. The fourth-order valence-electron chi connectivity index (χ4n) is 16.3. The van der Waals surface area contributed by atoms with Crippen LogP contribution >= 0.6 is 0 Å². The Balaban J connectivity index is 0.0000000919. The Kier molecular flexibility index (Phi) is 12.6. The lowest BCUT2D eigenvalue weighted by atomic mass is 10.1. The number of pyridine rings is 2. The summed E-state index contributed by atoms with van der Waals surface area (Å²) >= 11 is 0. The Morgan fingerprint density at radius 2 is 0.685 bits per heavy atom. The molecule has 0 N–H and O–H groups in total. The first-order valence-electron chi connectivity index (χ1n) is 34.1. The van der Waals surface area contributed by atoms with Crippen molar-refractivity contribution in [2.24, 2.45) is 0 Å². The van der Waals surface area contributed by atoms with Crippen LogP contribution in [0.25, 0.3) is 174 Å². The number of fused-ring (bicyclic) bond motifs is 34. The topological polar surface area (TPSA) is 226 Å². The third-order valence-electron chi connectivity index (χ3n) is 20.9. The van der Waals surface area contributed by atoms with Crippen molar-refractivity contribution in [3.8, 4) is 47.0 Å². The molecular formula is C86H42N18O4+4. The van der Waals surface area contributed by atoms with E-state index >= 15 is 0 Å². The number of nitriles is 4. The molecule has 0 amide bonds. The molecule has 22 nitrogen and oxygen atoms in total. The van der Waals surface area contributed by atoms with Crippen molar-refractivity contribution < 1.29 is 36.4 Å². The van der Waals surface area contributed by atoms with Gasteiger partial charge in [0.05, 0.1) is 105 Å². The van der Waals surface area contributed by atoms with Gasteiger partial charge in [0.15, 0.2) is 71.5 Å². The maximum absolute atomic E-state index is 9.52. The molecule has 22 heteroatoms. The summed E-state index contributed by atoms with van der Waals surface area (Å²) in [6, 6.07) is 63.5. The Labute approximate surface area is 607 Å². The van der Waals surface area contributed by atoms with Crippen molar-refractivity contribution >= 4 is 154 Å². The van der Waals surface area contributed by atoms with Gasteiger partial charge < -0.3 is 17.7 Å². The molecule has 0 unspecified atom stereocenters. The summed E-state index contributed by atoms with van der Waals surface area (Å²) in [4.78, 5) is 22.8. The van der Waals surface area contributed by atoms with Crippen LogP contribution in [0.15, 0.2) is 225 Å². The maximum Gasteiger partial charge on any atom is 0.227 e. The van der Waals surface area contributed by atoms with Crippen LogP contribution in [-0.2, 0) is 26.2 Å². The Morgan fingerprint density at radius 3 is 1.15 bits per heavy atom. The van der Waals surface area contributed by atoms with Gasteiger partial charge in [-0.2, -0.15) is 21.0 Å². The highest BCUT2D eigenvalue weighted by atomic mass is 16.3. The minimum absolute atomic E-state index is 0.451. The van der Waals surface area contributed by atoms with E-state index in [1.54, 1.807) is 36.7 Å². The monoisotopic (exact) mass is 1390 g/mol. The first-order valence-corrected chi connectivity index (χ1v) is 34.1. The molecule has 108 heavy (non-hydrogen) atoms. The fourth-order valence-corrected chi connectivity index (χ4v) is 16.3. The van der Waals surface area contributed by atoms with Crippen molar-refractivity contribution in [2.45, 2.75) is 26.2 Å². The molecular weight excluding hydrogens is 1350 g/mol. The van der Waals surface area contributed by atoms with Crippen molar-refractivity contribution in [3.05, 3.63) is 297 Å². The third kappa shape index (κ3) is 8.60. The highest BCUT2D eigenvalue weighted by molar-refractivity contribution is 6.11. The summed E-state index contributed by atoms with van der Waals surface area (Å²) in [6.07, 6.45) is 11.4. The molecule has 4 aliphatic heterocycles. The average Bonchev–Trinajstić information content (AvgIpc) is 1.57. The average molecular weight is 1390 g/mol. The van der Waals surface area contributed by atoms with Gasteiger partial charge in [-0.3, -0.25) is 0 Å². The molecule has 24 rings (SSSR count). The highest BCUT2D eigenvalue weighted by Crippen LogP contribution is 2.43. The second-order valence-electron chi connectivity index (χ2n) is 26.7. The molecule has 0 saturated carbocycles. The van der Waals surface area contributed by atoms with E-state index in [0.29, 0.717) is 76.1 Å². The minimum atomic E-state index is 0.451. The van der Waals surface area contributed by atoms with Gasteiger partial charge in [-0.05, 0) is 121 Å². The van der Waals surface area contributed by atoms with Gasteiger partial charge >= 0.3 is 0 Å².